The first-order chi connectivity index (χ1) is 7.97. The highest BCUT2D eigenvalue weighted by Crippen LogP contribution is 2.46. The summed E-state index contributed by atoms with van der Waals surface area (Å²) >= 11 is 0. The standard InChI is InChI=1S/C13H18N2O2/c1-7(2)4-9-5-8(3)14-12(15-9)10-6-11(10)13(16)17/h5,7,10-11H,4,6H2,1-3H3,(H,16,17). The lowest BCUT2D eigenvalue weighted by Crippen LogP contribution is -2.06. The second-order valence-electron chi connectivity index (χ2n) is 5.24. The maximum absolute atomic E-state index is 10.8. The van der Waals surface area contributed by atoms with Crippen molar-refractivity contribution in [1.82, 2.24) is 9.97 Å². The van der Waals surface area contributed by atoms with Crippen LogP contribution in [0.5, 0.6) is 0 Å². The molecule has 0 bridgehead atoms. The highest BCUT2D eigenvalue weighted by molar-refractivity contribution is 5.74. The van der Waals surface area contributed by atoms with Crippen LogP contribution in [0.2, 0.25) is 0 Å². The fraction of sp³-hybridized carbons (Fsp3) is 0.615. The number of carbonyl (C=O) groups is 1. The third-order valence-electron chi connectivity index (χ3n) is 2.98. The minimum Gasteiger partial charge on any atom is -0.481 e. The number of aromatic nitrogens is 2. The Morgan fingerprint density at radius 2 is 2.24 bits per heavy atom. The average molecular weight is 234 g/mol. The van der Waals surface area contributed by atoms with Crippen molar-refractivity contribution in [2.24, 2.45) is 11.8 Å². The predicted octanol–water partition coefficient (Wildman–Crippen LogP) is 2.17. The van der Waals surface area contributed by atoms with E-state index in [0.29, 0.717) is 18.2 Å². The Morgan fingerprint density at radius 3 is 2.76 bits per heavy atom. The van der Waals surface area contributed by atoms with Gasteiger partial charge >= 0.3 is 5.97 Å². The van der Waals surface area contributed by atoms with Gasteiger partial charge in [0.1, 0.15) is 5.82 Å². The van der Waals surface area contributed by atoms with Crippen LogP contribution in [0.3, 0.4) is 0 Å². The molecule has 17 heavy (non-hydrogen) atoms. The lowest BCUT2D eigenvalue weighted by molar-refractivity contribution is -0.138. The molecule has 1 saturated carbocycles. The van der Waals surface area contributed by atoms with E-state index >= 15 is 0 Å². The average Bonchev–Trinajstić information content (AvgIpc) is 2.94. The van der Waals surface area contributed by atoms with Gasteiger partial charge in [0.15, 0.2) is 0 Å². The van der Waals surface area contributed by atoms with Gasteiger partial charge in [-0.05, 0) is 31.7 Å². The predicted molar refractivity (Wildman–Crippen MR) is 63.8 cm³/mol. The summed E-state index contributed by atoms with van der Waals surface area (Å²) in [6.45, 7) is 6.23. The van der Waals surface area contributed by atoms with Crippen molar-refractivity contribution < 1.29 is 9.90 Å². The summed E-state index contributed by atoms with van der Waals surface area (Å²) in [5.74, 6) is 0.284. The molecule has 1 aliphatic rings. The van der Waals surface area contributed by atoms with E-state index in [9.17, 15) is 4.79 Å². The van der Waals surface area contributed by atoms with E-state index in [1.165, 1.54) is 0 Å². The van der Waals surface area contributed by atoms with Gasteiger partial charge in [0, 0.05) is 17.3 Å². The van der Waals surface area contributed by atoms with E-state index in [1.54, 1.807) is 0 Å². The molecule has 2 rings (SSSR count). The summed E-state index contributed by atoms with van der Waals surface area (Å²) in [6.07, 6.45) is 1.60. The van der Waals surface area contributed by atoms with Crippen molar-refractivity contribution in [3.63, 3.8) is 0 Å². The van der Waals surface area contributed by atoms with Gasteiger partial charge in [-0.15, -0.1) is 0 Å². The van der Waals surface area contributed by atoms with Gasteiger partial charge in [-0.25, -0.2) is 9.97 Å². The molecule has 4 nitrogen and oxygen atoms in total. The van der Waals surface area contributed by atoms with Crippen molar-refractivity contribution in [2.75, 3.05) is 0 Å². The molecule has 0 saturated heterocycles. The quantitative estimate of drug-likeness (QED) is 0.867. The van der Waals surface area contributed by atoms with E-state index in [1.807, 2.05) is 13.0 Å². The van der Waals surface area contributed by atoms with Crippen molar-refractivity contribution in [2.45, 2.75) is 39.5 Å². The van der Waals surface area contributed by atoms with Crippen LogP contribution in [-0.4, -0.2) is 21.0 Å². The molecule has 1 heterocycles. The first-order valence-electron chi connectivity index (χ1n) is 6.04. The Balaban J connectivity index is 2.18. The summed E-state index contributed by atoms with van der Waals surface area (Å²) in [5, 5.41) is 8.91. The molecule has 1 aliphatic carbocycles. The normalized spacial score (nSPS) is 22.8. The van der Waals surface area contributed by atoms with Crippen LogP contribution in [0, 0.1) is 18.8 Å². The highest BCUT2D eigenvalue weighted by atomic mass is 16.4. The Kier molecular flexibility index (Phi) is 3.13. The molecule has 0 amide bonds. The zero-order valence-electron chi connectivity index (χ0n) is 10.5. The number of aryl methyl sites for hydroxylation is 1. The van der Waals surface area contributed by atoms with E-state index in [0.717, 1.165) is 17.8 Å². The highest BCUT2D eigenvalue weighted by Gasteiger charge is 2.46. The van der Waals surface area contributed by atoms with Gasteiger partial charge in [-0.1, -0.05) is 13.8 Å². The van der Waals surface area contributed by atoms with Crippen LogP contribution in [0.15, 0.2) is 6.07 Å². The van der Waals surface area contributed by atoms with Crippen molar-refractivity contribution in [1.29, 1.82) is 0 Å². The molecule has 0 aromatic carbocycles. The number of hydrogen-bond donors (Lipinski definition) is 1. The Labute approximate surface area is 101 Å². The summed E-state index contributed by atoms with van der Waals surface area (Å²) in [6, 6.07) is 1.99. The van der Waals surface area contributed by atoms with Crippen molar-refractivity contribution in [3.8, 4) is 0 Å². The molecule has 0 radical (unpaired) electrons. The number of carboxylic acids is 1. The van der Waals surface area contributed by atoms with Gasteiger partial charge in [-0.2, -0.15) is 0 Å². The van der Waals surface area contributed by atoms with E-state index < -0.39 is 5.97 Å². The lowest BCUT2D eigenvalue weighted by atomic mass is 10.1. The fourth-order valence-corrected chi connectivity index (χ4v) is 2.10. The molecule has 1 aromatic heterocycles. The topological polar surface area (TPSA) is 63.1 Å². The molecule has 1 aromatic rings. The molecular formula is C13H18N2O2. The van der Waals surface area contributed by atoms with Gasteiger partial charge in [0.05, 0.1) is 5.92 Å². The number of rotatable bonds is 4. The zero-order valence-corrected chi connectivity index (χ0v) is 10.5. The third kappa shape index (κ3) is 2.81. The van der Waals surface area contributed by atoms with Crippen LogP contribution < -0.4 is 0 Å². The minimum atomic E-state index is -0.731. The fourth-order valence-electron chi connectivity index (χ4n) is 2.10. The molecule has 2 atom stereocenters. The second-order valence-corrected chi connectivity index (χ2v) is 5.24. The molecule has 0 aliphatic heterocycles. The Bertz CT molecular complexity index is 443. The molecule has 0 spiro atoms. The SMILES string of the molecule is Cc1cc(CC(C)C)nc(C2CC2C(=O)O)n1. The molecule has 1 fully saturated rings. The second kappa shape index (κ2) is 4.43. The van der Waals surface area contributed by atoms with Gasteiger partial charge < -0.3 is 5.11 Å². The lowest BCUT2D eigenvalue weighted by Gasteiger charge is -2.07. The monoisotopic (exact) mass is 234 g/mol. The summed E-state index contributed by atoms with van der Waals surface area (Å²) in [7, 11) is 0. The van der Waals surface area contributed by atoms with Crippen LogP contribution in [0.4, 0.5) is 0 Å². The van der Waals surface area contributed by atoms with E-state index in [2.05, 4.69) is 23.8 Å². The maximum Gasteiger partial charge on any atom is 0.307 e. The number of nitrogens with zero attached hydrogens (tertiary/aromatic N) is 2. The van der Waals surface area contributed by atoms with Crippen LogP contribution >= 0.6 is 0 Å². The van der Waals surface area contributed by atoms with Crippen LogP contribution in [0.1, 0.15) is 43.4 Å². The van der Waals surface area contributed by atoms with E-state index in [4.69, 9.17) is 5.11 Å². The van der Waals surface area contributed by atoms with Crippen molar-refractivity contribution in [3.05, 3.63) is 23.3 Å². The first kappa shape index (κ1) is 12.0. The molecule has 4 heteroatoms. The van der Waals surface area contributed by atoms with Gasteiger partial charge in [0.25, 0.3) is 0 Å². The smallest absolute Gasteiger partial charge is 0.307 e. The van der Waals surface area contributed by atoms with Crippen LogP contribution in [0.25, 0.3) is 0 Å². The van der Waals surface area contributed by atoms with E-state index in [-0.39, 0.29) is 11.8 Å². The van der Waals surface area contributed by atoms with Crippen molar-refractivity contribution >= 4 is 5.97 Å². The minimum absolute atomic E-state index is 0.0262. The Hall–Kier alpha value is -1.45. The first-order valence-corrected chi connectivity index (χ1v) is 6.04. The summed E-state index contributed by atoms with van der Waals surface area (Å²) < 4.78 is 0. The molecular weight excluding hydrogens is 216 g/mol. The number of carboxylic acid groups (broad SMARTS) is 1. The number of hydrogen-bond acceptors (Lipinski definition) is 3. The number of aliphatic carboxylic acids is 1. The molecule has 92 valence electrons. The maximum atomic E-state index is 10.8. The third-order valence-corrected chi connectivity index (χ3v) is 2.98. The van der Waals surface area contributed by atoms with Gasteiger partial charge in [0.2, 0.25) is 0 Å². The summed E-state index contributed by atoms with van der Waals surface area (Å²) in [4.78, 5) is 19.7. The molecule has 1 N–H and O–H groups in total. The zero-order chi connectivity index (χ0) is 12.6. The van der Waals surface area contributed by atoms with Gasteiger partial charge in [-0.3, -0.25) is 4.79 Å². The largest absolute Gasteiger partial charge is 0.481 e. The summed E-state index contributed by atoms with van der Waals surface area (Å²) in [5.41, 5.74) is 1.96. The molecule has 2 unspecified atom stereocenters. The Morgan fingerprint density at radius 1 is 1.53 bits per heavy atom. The van der Waals surface area contributed by atoms with Crippen LogP contribution in [-0.2, 0) is 11.2 Å².